The van der Waals surface area contributed by atoms with E-state index in [1.807, 2.05) is 0 Å². The number of ether oxygens (including phenoxy) is 3. The largest absolute Gasteiger partial charge is 0.464 e. The zero-order valence-corrected chi connectivity index (χ0v) is 16.0. The summed E-state index contributed by atoms with van der Waals surface area (Å²) in [5.41, 5.74) is -2.63. The van der Waals surface area contributed by atoms with Gasteiger partial charge in [-0.3, -0.25) is 5.32 Å². The van der Waals surface area contributed by atoms with E-state index < -0.39 is 29.2 Å². The van der Waals surface area contributed by atoms with Crippen molar-refractivity contribution in [1.82, 2.24) is 5.32 Å². The lowest BCUT2D eigenvalue weighted by molar-refractivity contribution is -0.167. The van der Waals surface area contributed by atoms with Crippen molar-refractivity contribution in [2.24, 2.45) is 5.92 Å². The molecule has 1 aliphatic rings. The topological polar surface area (TPSA) is 90.9 Å². The first-order chi connectivity index (χ1) is 11.6. The highest BCUT2D eigenvalue weighted by atomic mass is 16.6. The van der Waals surface area contributed by atoms with Gasteiger partial charge in [0, 0.05) is 0 Å². The van der Waals surface area contributed by atoms with Crippen LogP contribution in [0.2, 0.25) is 0 Å². The Kier molecular flexibility index (Phi) is 7.70. The van der Waals surface area contributed by atoms with Crippen LogP contribution in [-0.4, -0.2) is 42.4 Å². The molecule has 0 heterocycles. The van der Waals surface area contributed by atoms with Crippen LogP contribution in [-0.2, 0) is 23.8 Å². The predicted molar refractivity (Wildman–Crippen MR) is 91.9 cm³/mol. The Hall–Kier alpha value is -1.79. The molecule has 0 aromatic carbocycles. The number of hydrogen-bond acceptors (Lipinski definition) is 6. The summed E-state index contributed by atoms with van der Waals surface area (Å²) >= 11 is 0. The molecule has 25 heavy (non-hydrogen) atoms. The molecular formula is C18H31NO6. The molecule has 0 unspecified atom stereocenters. The lowest BCUT2D eigenvalue weighted by Gasteiger charge is -2.34. The van der Waals surface area contributed by atoms with Crippen molar-refractivity contribution in [1.29, 1.82) is 0 Å². The van der Waals surface area contributed by atoms with Crippen molar-refractivity contribution in [2.45, 2.75) is 77.9 Å². The molecule has 1 rings (SSSR count). The van der Waals surface area contributed by atoms with Crippen molar-refractivity contribution >= 4 is 18.0 Å². The Balaban J connectivity index is 3.04. The zero-order valence-electron chi connectivity index (χ0n) is 16.0. The van der Waals surface area contributed by atoms with Gasteiger partial charge in [0.05, 0.1) is 13.2 Å². The summed E-state index contributed by atoms with van der Waals surface area (Å²) < 4.78 is 15.4. The summed E-state index contributed by atoms with van der Waals surface area (Å²) in [5.74, 6) is -1.17. The molecule has 1 amide bonds. The highest BCUT2D eigenvalue weighted by molar-refractivity contribution is 6.07. The number of esters is 2. The minimum absolute atomic E-state index is 0.0966. The van der Waals surface area contributed by atoms with E-state index in [9.17, 15) is 14.4 Å². The van der Waals surface area contributed by atoms with Crippen LogP contribution in [0.4, 0.5) is 4.79 Å². The maximum atomic E-state index is 12.6. The number of carbonyl (C=O) groups excluding carboxylic acids is 3. The second-order valence-corrected chi connectivity index (χ2v) is 7.31. The quantitative estimate of drug-likeness (QED) is 0.408. The molecule has 0 radical (unpaired) electrons. The molecule has 0 saturated heterocycles. The van der Waals surface area contributed by atoms with E-state index >= 15 is 0 Å². The van der Waals surface area contributed by atoms with E-state index in [1.54, 1.807) is 34.6 Å². The van der Waals surface area contributed by atoms with Gasteiger partial charge in [0.1, 0.15) is 5.60 Å². The van der Waals surface area contributed by atoms with Crippen LogP contribution < -0.4 is 5.32 Å². The van der Waals surface area contributed by atoms with Crippen molar-refractivity contribution in [3.05, 3.63) is 0 Å². The van der Waals surface area contributed by atoms with Gasteiger partial charge in [-0.1, -0.05) is 19.3 Å². The van der Waals surface area contributed by atoms with Gasteiger partial charge in [-0.25, -0.2) is 14.4 Å². The average Bonchev–Trinajstić information content (AvgIpc) is 2.42. The molecule has 7 heteroatoms. The number of alkyl carbamates (subject to hydrolysis) is 1. The molecule has 0 atom stereocenters. The van der Waals surface area contributed by atoms with E-state index in [0.29, 0.717) is 12.3 Å². The van der Waals surface area contributed by atoms with Crippen molar-refractivity contribution in [3.8, 4) is 0 Å². The predicted octanol–water partition coefficient (Wildman–Crippen LogP) is 2.96. The van der Waals surface area contributed by atoms with E-state index in [1.165, 1.54) is 0 Å². The van der Waals surface area contributed by atoms with E-state index in [4.69, 9.17) is 14.2 Å². The van der Waals surface area contributed by atoms with Crippen LogP contribution in [0.15, 0.2) is 0 Å². The number of nitrogens with one attached hydrogen (secondary N) is 1. The molecular weight excluding hydrogens is 326 g/mol. The van der Waals surface area contributed by atoms with Crippen LogP contribution in [0.3, 0.4) is 0 Å². The number of carbonyl (C=O) groups is 3. The molecule has 0 aromatic rings. The smallest absolute Gasteiger partial charge is 0.409 e. The lowest BCUT2D eigenvalue weighted by Crippen LogP contribution is -2.62. The number of rotatable bonds is 8. The highest BCUT2D eigenvalue weighted by Gasteiger charge is 2.51. The molecule has 1 N–H and O–H groups in total. The first-order valence-corrected chi connectivity index (χ1v) is 9.00. The second kappa shape index (κ2) is 9.06. The van der Waals surface area contributed by atoms with Gasteiger partial charge in [-0.15, -0.1) is 0 Å². The Labute approximate surface area is 149 Å². The Bertz CT molecular complexity index is 460. The lowest BCUT2D eigenvalue weighted by atomic mass is 9.78. The van der Waals surface area contributed by atoms with Gasteiger partial charge in [-0.05, 0) is 53.4 Å². The third-order valence-electron chi connectivity index (χ3n) is 4.11. The Morgan fingerprint density at radius 3 is 1.88 bits per heavy atom. The van der Waals surface area contributed by atoms with Gasteiger partial charge in [0.25, 0.3) is 0 Å². The fourth-order valence-corrected chi connectivity index (χ4v) is 2.64. The first-order valence-electron chi connectivity index (χ1n) is 9.00. The summed E-state index contributed by atoms with van der Waals surface area (Å²) in [4.78, 5) is 37.5. The van der Waals surface area contributed by atoms with Crippen LogP contribution in [0, 0.1) is 5.92 Å². The van der Waals surface area contributed by atoms with E-state index in [2.05, 4.69) is 5.32 Å². The third kappa shape index (κ3) is 6.21. The fourth-order valence-electron chi connectivity index (χ4n) is 2.64. The third-order valence-corrected chi connectivity index (χ3v) is 4.11. The minimum atomic E-state index is -1.87. The van der Waals surface area contributed by atoms with E-state index in [-0.39, 0.29) is 19.6 Å². The number of amides is 1. The van der Waals surface area contributed by atoms with Gasteiger partial charge < -0.3 is 14.2 Å². The summed E-state index contributed by atoms with van der Waals surface area (Å²) in [6, 6.07) is 0. The molecule has 144 valence electrons. The summed E-state index contributed by atoms with van der Waals surface area (Å²) in [6.07, 6.45) is 3.20. The average molecular weight is 357 g/mol. The SMILES string of the molecule is CCOC(=O)C(CCC1CCC1)(NC(=O)OC(C)(C)C)C(=O)OCC. The standard InChI is InChI=1S/C18H31NO6/c1-6-23-14(20)18(15(21)24-7-2,12-11-13-9-8-10-13)19-16(22)25-17(3,4)5/h13H,6-12H2,1-5H3,(H,19,22). The monoisotopic (exact) mass is 357 g/mol. The maximum absolute atomic E-state index is 12.6. The Morgan fingerprint density at radius 2 is 1.52 bits per heavy atom. The highest BCUT2D eigenvalue weighted by Crippen LogP contribution is 2.33. The normalized spacial score (nSPS) is 15.1. The fraction of sp³-hybridized carbons (Fsp3) is 0.833. The van der Waals surface area contributed by atoms with Crippen LogP contribution in [0.5, 0.6) is 0 Å². The number of hydrogen-bond donors (Lipinski definition) is 1. The summed E-state index contributed by atoms with van der Waals surface area (Å²) in [7, 11) is 0. The van der Waals surface area contributed by atoms with Crippen molar-refractivity contribution in [3.63, 3.8) is 0 Å². The molecule has 7 nitrogen and oxygen atoms in total. The second-order valence-electron chi connectivity index (χ2n) is 7.31. The summed E-state index contributed by atoms with van der Waals surface area (Å²) in [5, 5.41) is 2.45. The van der Waals surface area contributed by atoms with Gasteiger partial charge in [0.15, 0.2) is 0 Å². The molecule has 0 bridgehead atoms. The molecule has 1 fully saturated rings. The van der Waals surface area contributed by atoms with Crippen LogP contribution in [0.1, 0.15) is 66.7 Å². The molecule has 0 aliphatic heterocycles. The molecule has 1 aliphatic carbocycles. The minimum Gasteiger partial charge on any atom is -0.464 e. The first kappa shape index (κ1) is 21.3. The molecule has 1 saturated carbocycles. The maximum Gasteiger partial charge on any atom is 0.409 e. The van der Waals surface area contributed by atoms with Crippen molar-refractivity contribution < 1.29 is 28.6 Å². The van der Waals surface area contributed by atoms with Crippen LogP contribution in [0.25, 0.3) is 0 Å². The van der Waals surface area contributed by atoms with Crippen molar-refractivity contribution in [2.75, 3.05) is 13.2 Å². The zero-order chi connectivity index (χ0) is 19.1. The summed E-state index contributed by atoms with van der Waals surface area (Å²) in [6.45, 7) is 8.60. The van der Waals surface area contributed by atoms with E-state index in [0.717, 1.165) is 19.3 Å². The molecule has 0 spiro atoms. The molecule has 0 aromatic heterocycles. The van der Waals surface area contributed by atoms with Gasteiger partial charge >= 0.3 is 18.0 Å². The van der Waals surface area contributed by atoms with Crippen LogP contribution >= 0.6 is 0 Å². The van der Waals surface area contributed by atoms with Gasteiger partial charge in [-0.2, -0.15) is 0 Å². The Morgan fingerprint density at radius 1 is 1.00 bits per heavy atom. The van der Waals surface area contributed by atoms with Gasteiger partial charge in [0.2, 0.25) is 5.54 Å².